The van der Waals surface area contributed by atoms with Crippen LogP contribution in [0.25, 0.3) is 0 Å². The molecule has 13 nitrogen and oxygen atoms in total. The van der Waals surface area contributed by atoms with E-state index in [1.54, 1.807) is 0 Å². The minimum Gasteiger partial charge on any atom is -0.474 e. The molecule has 284 valence electrons. The van der Waals surface area contributed by atoms with Gasteiger partial charge < -0.3 is 25.2 Å². The second-order valence-electron chi connectivity index (χ2n) is 16.2. The van der Waals surface area contributed by atoms with Crippen molar-refractivity contribution in [1.29, 1.82) is 0 Å². The molecule has 6 aliphatic heterocycles. The van der Waals surface area contributed by atoms with Crippen molar-refractivity contribution >= 4 is 40.5 Å². The molecule has 10 rings (SSSR count). The molecule has 6 aliphatic rings. The number of amides is 2. The molecule has 2 aromatic carbocycles. The lowest BCUT2D eigenvalue weighted by Crippen LogP contribution is -2.59. The molecule has 3 atom stereocenters. The third kappa shape index (κ3) is 6.73. The number of nitrogens with one attached hydrogen (secondary N) is 3. The van der Waals surface area contributed by atoms with E-state index in [1.165, 1.54) is 29.9 Å². The highest BCUT2D eigenvalue weighted by molar-refractivity contribution is 6.01. The average Bonchev–Trinajstić information content (AvgIpc) is 3.74. The summed E-state index contributed by atoms with van der Waals surface area (Å²) in [6, 6.07) is 17.7. The van der Waals surface area contributed by atoms with E-state index in [4.69, 9.17) is 9.72 Å². The van der Waals surface area contributed by atoms with Gasteiger partial charge in [-0.3, -0.25) is 24.7 Å². The van der Waals surface area contributed by atoms with Crippen molar-refractivity contribution in [3.63, 3.8) is 0 Å². The van der Waals surface area contributed by atoms with Crippen molar-refractivity contribution in [1.82, 2.24) is 30.1 Å². The van der Waals surface area contributed by atoms with Gasteiger partial charge in [0.1, 0.15) is 12.3 Å². The van der Waals surface area contributed by atoms with E-state index in [9.17, 15) is 9.59 Å². The van der Waals surface area contributed by atoms with Gasteiger partial charge in [0.2, 0.25) is 23.6 Å². The highest BCUT2D eigenvalue weighted by Gasteiger charge is 2.44. The number of piperidine rings is 1. The first kappa shape index (κ1) is 34.2. The number of hydrogen-bond acceptors (Lipinski definition) is 12. The molecule has 3 N–H and O–H groups in total. The Labute approximate surface area is 321 Å². The molecular formula is C42H48N10O3. The Morgan fingerprint density at radius 3 is 2.47 bits per heavy atom. The number of pyridine rings is 1. The number of anilines is 5. The first-order chi connectivity index (χ1) is 26.9. The van der Waals surface area contributed by atoms with E-state index in [1.807, 2.05) is 12.4 Å². The van der Waals surface area contributed by atoms with Crippen LogP contribution in [-0.4, -0.2) is 102 Å². The van der Waals surface area contributed by atoms with Crippen LogP contribution < -0.4 is 30.5 Å². The summed E-state index contributed by atoms with van der Waals surface area (Å²) in [7, 11) is 0. The van der Waals surface area contributed by atoms with E-state index in [0.29, 0.717) is 43.9 Å². The van der Waals surface area contributed by atoms with Crippen LogP contribution in [0.1, 0.15) is 46.7 Å². The number of benzene rings is 2. The fraction of sp³-hybridized carbons (Fsp3) is 0.452. The Kier molecular flexibility index (Phi) is 8.78. The predicted molar refractivity (Wildman–Crippen MR) is 211 cm³/mol. The standard InChI is InChI=1S/C42H48N10O3/c1-26-37(17-44-41-39(26)43-13-15-55-41)50-14-12-29-16-45-42(47-36(29)25-50)46-32-6-2-27(3-7-32)18-49-19-30-21-51(22-31(30)20-49)34-23-52(24-34)33-8-4-28(5-9-33)35-10-11-38(53)48-40(35)54/h2-9,16-17,30-31,34-35,43H,10-15,18-25H2,1H3,(H,45,46,47)(H,48,53,54). The summed E-state index contributed by atoms with van der Waals surface area (Å²) in [5.74, 6) is 2.21. The summed E-state index contributed by atoms with van der Waals surface area (Å²) >= 11 is 0. The Balaban J connectivity index is 0.689. The van der Waals surface area contributed by atoms with E-state index < -0.39 is 0 Å². The van der Waals surface area contributed by atoms with E-state index in [2.05, 4.69) is 101 Å². The normalized spacial score (nSPS) is 24.0. The number of carbonyl (C=O) groups is 2. The number of aromatic nitrogens is 3. The zero-order chi connectivity index (χ0) is 37.0. The number of carbonyl (C=O) groups excluding carboxylic acids is 2. The maximum atomic E-state index is 12.3. The van der Waals surface area contributed by atoms with Gasteiger partial charge in [-0.15, -0.1) is 0 Å². The third-order valence-corrected chi connectivity index (χ3v) is 12.7. The van der Waals surface area contributed by atoms with Crippen LogP contribution in [-0.2, 0) is 29.1 Å². The van der Waals surface area contributed by atoms with E-state index in [0.717, 1.165) is 98.0 Å². The lowest BCUT2D eigenvalue weighted by molar-refractivity contribution is -0.134. The summed E-state index contributed by atoms with van der Waals surface area (Å²) < 4.78 is 5.74. The topological polar surface area (TPSA) is 131 Å². The molecule has 55 heavy (non-hydrogen) atoms. The molecule has 4 fully saturated rings. The Bertz CT molecular complexity index is 2090. The lowest BCUT2D eigenvalue weighted by atomic mass is 9.90. The van der Waals surface area contributed by atoms with Gasteiger partial charge in [-0.2, -0.15) is 0 Å². The predicted octanol–water partition coefficient (Wildman–Crippen LogP) is 4.06. The summed E-state index contributed by atoms with van der Waals surface area (Å²) in [6.07, 6.45) is 5.79. The van der Waals surface area contributed by atoms with Crippen molar-refractivity contribution in [3.8, 4) is 5.88 Å². The van der Waals surface area contributed by atoms with E-state index in [-0.39, 0.29) is 17.7 Å². The smallest absolute Gasteiger partial charge is 0.237 e. The van der Waals surface area contributed by atoms with Crippen LogP contribution in [0.4, 0.5) is 28.7 Å². The van der Waals surface area contributed by atoms with Crippen LogP contribution in [0, 0.1) is 18.8 Å². The van der Waals surface area contributed by atoms with Crippen LogP contribution >= 0.6 is 0 Å². The van der Waals surface area contributed by atoms with Gasteiger partial charge in [-0.25, -0.2) is 15.0 Å². The molecule has 2 amide bonds. The van der Waals surface area contributed by atoms with Crippen LogP contribution in [0.2, 0.25) is 0 Å². The number of imide groups is 1. The maximum Gasteiger partial charge on any atom is 0.237 e. The zero-order valence-electron chi connectivity index (χ0n) is 31.3. The van der Waals surface area contributed by atoms with Crippen LogP contribution in [0.3, 0.4) is 0 Å². The van der Waals surface area contributed by atoms with Crippen molar-refractivity contribution < 1.29 is 14.3 Å². The molecule has 0 bridgehead atoms. The van der Waals surface area contributed by atoms with Gasteiger partial charge in [0.15, 0.2) is 0 Å². The quantitative estimate of drug-likeness (QED) is 0.225. The summed E-state index contributed by atoms with van der Waals surface area (Å²) in [4.78, 5) is 48.1. The first-order valence-corrected chi connectivity index (χ1v) is 19.9. The molecule has 13 heteroatoms. The molecule has 8 heterocycles. The van der Waals surface area contributed by atoms with Crippen molar-refractivity contribution in [2.45, 2.75) is 51.2 Å². The van der Waals surface area contributed by atoms with Crippen molar-refractivity contribution in [2.24, 2.45) is 11.8 Å². The second-order valence-corrected chi connectivity index (χ2v) is 16.2. The fourth-order valence-electron chi connectivity index (χ4n) is 9.56. The van der Waals surface area contributed by atoms with Gasteiger partial charge in [-0.1, -0.05) is 24.3 Å². The van der Waals surface area contributed by atoms with Gasteiger partial charge in [-0.05, 0) is 72.6 Å². The lowest BCUT2D eigenvalue weighted by Gasteiger charge is -2.46. The largest absolute Gasteiger partial charge is 0.474 e. The molecule has 0 saturated carbocycles. The number of rotatable bonds is 8. The number of likely N-dealkylation sites (tertiary alicyclic amines) is 2. The molecule has 0 spiro atoms. The van der Waals surface area contributed by atoms with E-state index >= 15 is 0 Å². The van der Waals surface area contributed by atoms with Gasteiger partial charge >= 0.3 is 0 Å². The molecule has 0 aliphatic carbocycles. The zero-order valence-corrected chi connectivity index (χ0v) is 31.3. The average molecular weight is 741 g/mol. The third-order valence-electron chi connectivity index (χ3n) is 12.7. The molecule has 4 aromatic rings. The van der Waals surface area contributed by atoms with Gasteiger partial charge in [0.25, 0.3) is 0 Å². The highest BCUT2D eigenvalue weighted by Crippen LogP contribution is 2.38. The number of hydrogen-bond donors (Lipinski definition) is 3. The molecule has 4 saturated heterocycles. The number of ether oxygens (including phenoxy) is 1. The van der Waals surface area contributed by atoms with Crippen molar-refractivity contribution in [3.05, 3.63) is 88.9 Å². The fourth-order valence-corrected chi connectivity index (χ4v) is 9.56. The monoisotopic (exact) mass is 740 g/mol. The minimum absolute atomic E-state index is 0.168. The minimum atomic E-state index is -0.228. The van der Waals surface area contributed by atoms with Gasteiger partial charge in [0.05, 0.1) is 30.0 Å². The molecule has 3 unspecified atom stereocenters. The summed E-state index contributed by atoms with van der Waals surface area (Å²) in [5.41, 5.74) is 10.0. The Morgan fingerprint density at radius 2 is 1.69 bits per heavy atom. The van der Waals surface area contributed by atoms with Crippen molar-refractivity contribution in [2.75, 3.05) is 79.4 Å². The second kappa shape index (κ2) is 14.1. The first-order valence-electron chi connectivity index (χ1n) is 19.9. The molecule has 2 aromatic heterocycles. The summed E-state index contributed by atoms with van der Waals surface area (Å²) in [6.45, 7) is 12.9. The van der Waals surface area contributed by atoms with Gasteiger partial charge in [0, 0.05) is 94.5 Å². The SMILES string of the molecule is Cc1c(N2CCc3cnc(Nc4ccc(CN5CC6CN(C7CN(c8ccc(C9CCC(=O)NC9=O)cc8)C7)CC6C5)cc4)nc3C2)cnc2c1NCCO2. The molecule has 0 radical (unpaired) electrons. The van der Waals surface area contributed by atoms with Crippen LogP contribution in [0.5, 0.6) is 5.88 Å². The summed E-state index contributed by atoms with van der Waals surface area (Å²) in [5, 5.41) is 9.38. The maximum absolute atomic E-state index is 12.3. The number of nitrogens with zero attached hydrogens (tertiary/aromatic N) is 7. The van der Waals surface area contributed by atoms with Crippen LogP contribution in [0.15, 0.2) is 60.9 Å². The Hall–Kier alpha value is -5.27. The molecular weight excluding hydrogens is 693 g/mol. The highest BCUT2D eigenvalue weighted by atomic mass is 16.5. The number of fused-ring (bicyclic) bond motifs is 3. The Morgan fingerprint density at radius 1 is 0.891 bits per heavy atom.